The topological polar surface area (TPSA) is 46.5 Å². The van der Waals surface area contributed by atoms with Gasteiger partial charge in [0.05, 0.1) is 7.11 Å². The third kappa shape index (κ3) is 2.88. The molecule has 1 aromatic carbocycles. The maximum atomic E-state index is 10.3. The zero-order chi connectivity index (χ0) is 10.6. The first-order valence-electron chi connectivity index (χ1n) is 3.88. The minimum Gasteiger partial charge on any atom is -0.497 e. The Morgan fingerprint density at radius 2 is 2.29 bits per heavy atom. The van der Waals surface area contributed by atoms with Crippen LogP contribution in [0.2, 0.25) is 0 Å². The Kier molecular flexibility index (Phi) is 3.71. The van der Waals surface area contributed by atoms with Crippen molar-refractivity contribution in [1.29, 1.82) is 0 Å². The summed E-state index contributed by atoms with van der Waals surface area (Å²) in [6.45, 7) is 0. The molecule has 0 atom stereocenters. The summed E-state index contributed by atoms with van der Waals surface area (Å²) in [7, 11) is 1.56. The van der Waals surface area contributed by atoms with Gasteiger partial charge in [-0.05, 0) is 29.8 Å². The largest absolute Gasteiger partial charge is 0.497 e. The van der Waals surface area contributed by atoms with Crippen molar-refractivity contribution in [1.82, 2.24) is 0 Å². The number of ether oxygens (including phenoxy) is 1. The van der Waals surface area contributed by atoms with Gasteiger partial charge in [0.25, 0.3) is 0 Å². The summed E-state index contributed by atoms with van der Waals surface area (Å²) >= 11 is 3.31. The summed E-state index contributed by atoms with van der Waals surface area (Å²) in [5.74, 6) is -0.280. The molecule has 1 rings (SSSR count). The smallest absolute Gasteiger partial charge is 0.328 e. The van der Waals surface area contributed by atoms with Gasteiger partial charge in [0.1, 0.15) is 5.75 Å². The van der Waals surface area contributed by atoms with Gasteiger partial charge < -0.3 is 9.84 Å². The van der Waals surface area contributed by atoms with Crippen LogP contribution in [-0.4, -0.2) is 18.2 Å². The maximum Gasteiger partial charge on any atom is 0.328 e. The predicted molar refractivity (Wildman–Crippen MR) is 57.4 cm³/mol. The Balaban J connectivity index is 3.00. The Labute approximate surface area is 90.1 Å². The summed E-state index contributed by atoms with van der Waals surface area (Å²) < 4.78 is 5.84. The van der Waals surface area contributed by atoms with Crippen LogP contribution < -0.4 is 4.74 Å². The standard InChI is InChI=1S/C10H9BrO3/c1-14-8-3-4-9(11)7(6-8)2-5-10(12)13/h2-6H,1H3,(H,12,13). The van der Waals surface area contributed by atoms with Gasteiger partial charge in [0, 0.05) is 10.5 Å². The molecule has 0 heterocycles. The summed E-state index contributed by atoms with van der Waals surface area (Å²) in [4.78, 5) is 10.3. The average molecular weight is 257 g/mol. The predicted octanol–water partition coefficient (Wildman–Crippen LogP) is 2.56. The van der Waals surface area contributed by atoms with Gasteiger partial charge in [-0.2, -0.15) is 0 Å². The fourth-order valence-electron chi connectivity index (χ4n) is 0.938. The normalized spacial score (nSPS) is 10.4. The summed E-state index contributed by atoms with van der Waals surface area (Å²) in [5, 5.41) is 8.46. The van der Waals surface area contributed by atoms with Crippen LogP contribution >= 0.6 is 15.9 Å². The number of rotatable bonds is 3. The average Bonchev–Trinajstić information content (AvgIpc) is 2.16. The van der Waals surface area contributed by atoms with Crippen molar-refractivity contribution in [3.05, 3.63) is 34.3 Å². The fraction of sp³-hybridized carbons (Fsp3) is 0.100. The first-order valence-corrected chi connectivity index (χ1v) is 4.67. The van der Waals surface area contributed by atoms with Gasteiger partial charge >= 0.3 is 5.97 Å². The molecule has 0 saturated heterocycles. The van der Waals surface area contributed by atoms with Gasteiger partial charge in [-0.3, -0.25) is 0 Å². The molecule has 0 amide bonds. The van der Waals surface area contributed by atoms with Crippen molar-refractivity contribution in [3.8, 4) is 5.75 Å². The molecule has 4 heteroatoms. The molecule has 0 spiro atoms. The van der Waals surface area contributed by atoms with E-state index < -0.39 is 5.97 Å². The molecule has 0 aliphatic rings. The fourth-order valence-corrected chi connectivity index (χ4v) is 1.32. The highest BCUT2D eigenvalue weighted by molar-refractivity contribution is 9.10. The number of carboxylic acid groups (broad SMARTS) is 1. The molecule has 0 unspecified atom stereocenters. The molecular weight excluding hydrogens is 248 g/mol. The number of halogens is 1. The number of carboxylic acids is 1. The van der Waals surface area contributed by atoms with Gasteiger partial charge in [0.2, 0.25) is 0 Å². The van der Waals surface area contributed by atoms with Crippen LogP contribution in [0.5, 0.6) is 5.75 Å². The molecule has 0 aliphatic carbocycles. The van der Waals surface area contributed by atoms with E-state index in [4.69, 9.17) is 9.84 Å². The highest BCUT2D eigenvalue weighted by atomic mass is 79.9. The Morgan fingerprint density at radius 3 is 2.86 bits per heavy atom. The maximum absolute atomic E-state index is 10.3. The van der Waals surface area contributed by atoms with Crippen molar-refractivity contribution in [2.75, 3.05) is 7.11 Å². The van der Waals surface area contributed by atoms with Crippen LogP contribution in [0.1, 0.15) is 5.56 Å². The van der Waals surface area contributed by atoms with Crippen LogP contribution in [0.25, 0.3) is 6.08 Å². The SMILES string of the molecule is COc1ccc(Br)c(C=CC(=O)O)c1. The zero-order valence-corrected chi connectivity index (χ0v) is 9.11. The summed E-state index contributed by atoms with van der Waals surface area (Å²) in [6, 6.07) is 5.35. The van der Waals surface area contributed by atoms with E-state index in [1.54, 1.807) is 25.3 Å². The minimum atomic E-state index is -0.972. The van der Waals surface area contributed by atoms with Crippen molar-refractivity contribution < 1.29 is 14.6 Å². The molecule has 14 heavy (non-hydrogen) atoms. The molecule has 0 bridgehead atoms. The lowest BCUT2D eigenvalue weighted by Crippen LogP contribution is -1.87. The van der Waals surface area contributed by atoms with E-state index in [-0.39, 0.29) is 0 Å². The van der Waals surface area contributed by atoms with Crippen molar-refractivity contribution in [2.45, 2.75) is 0 Å². The van der Waals surface area contributed by atoms with Gasteiger partial charge in [-0.15, -0.1) is 0 Å². The number of benzene rings is 1. The first-order chi connectivity index (χ1) is 6.63. The third-order valence-corrected chi connectivity index (χ3v) is 2.33. The molecule has 0 fully saturated rings. The monoisotopic (exact) mass is 256 g/mol. The van der Waals surface area contributed by atoms with Crippen molar-refractivity contribution in [2.24, 2.45) is 0 Å². The van der Waals surface area contributed by atoms with Crippen molar-refractivity contribution >= 4 is 28.0 Å². The van der Waals surface area contributed by atoms with Crippen LogP contribution in [0.15, 0.2) is 28.7 Å². The quantitative estimate of drug-likeness (QED) is 0.846. The van der Waals surface area contributed by atoms with Gasteiger partial charge in [-0.25, -0.2) is 4.79 Å². The number of carbonyl (C=O) groups is 1. The Bertz CT molecular complexity index is 372. The van der Waals surface area contributed by atoms with Crippen LogP contribution in [-0.2, 0) is 4.79 Å². The number of hydrogen-bond acceptors (Lipinski definition) is 2. The second-order valence-electron chi connectivity index (χ2n) is 2.56. The number of methoxy groups -OCH3 is 1. The van der Waals surface area contributed by atoms with E-state index in [1.165, 1.54) is 6.08 Å². The molecule has 1 N–H and O–H groups in total. The van der Waals surface area contributed by atoms with Gasteiger partial charge in [-0.1, -0.05) is 15.9 Å². The lowest BCUT2D eigenvalue weighted by atomic mass is 10.2. The summed E-state index contributed by atoms with van der Waals surface area (Å²) in [6.07, 6.45) is 2.59. The molecule has 3 nitrogen and oxygen atoms in total. The molecule has 0 aliphatic heterocycles. The van der Waals surface area contributed by atoms with Crippen molar-refractivity contribution in [3.63, 3.8) is 0 Å². The van der Waals surface area contributed by atoms with E-state index >= 15 is 0 Å². The second kappa shape index (κ2) is 4.81. The zero-order valence-electron chi connectivity index (χ0n) is 7.53. The molecule has 74 valence electrons. The molecule has 0 saturated carbocycles. The molecule has 0 radical (unpaired) electrons. The number of hydrogen-bond donors (Lipinski definition) is 1. The Hall–Kier alpha value is -1.29. The highest BCUT2D eigenvalue weighted by Crippen LogP contribution is 2.23. The van der Waals surface area contributed by atoms with E-state index in [0.29, 0.717) is 5.75 Å². The highest BCUT2D eigenvalue weighted by Gasteiger charge is 1.99. The van der Waals surface area contributed by atoms with Crippen LogP contribution in [0, 0.1) is 0 Å². The van der Waals surface area contributed by atoms with Crippen LogP contribution in [0.3, 0.4) is 0 Å². The first kappa shape index (κ1) is 10.8. The number of aliphatic carboxylic acids is 1. The summed E-state index contributed by atoms with van der Waals surface area (Å²) in [5.41, 5.74) is 0.770. The van der Waals surface area contributed by atoms with E-state index in [1.807, 2.05) is 0 Å². The molecule has 0 aromatic heterocycles. The minimum absolute atomic E-state index is 0.693. The van der Waals surface area contributed by atoms with E-state index in [9.17, 15) is 4.79 Å². The van der Waals surface area contributed by atoms with E-state index in [2.05, 4.69) is 15.9 Å². The van der Waals surface area contributed by atoms with Crippen LogP contribution in [0.4, 0.5) is 0 Å². The Morgan fingerprint density at radius 1 is 1.57 bits per heavy atom. The lowest BCUT2D eigenvalue weighted by molar-refractivity contribution is -0.131. The second-order valence-corrected chi connectivity index (χ2v) is 3.41. The molecule has 1 aromatic rings. The van der Waals surface area contributed by atoms with E-state index in [0.717, 1.165) is 16.1 Å². The molecular formula is C10H9BrO3. The third-order valence-electron chi connectivity index (χ3n) is 1.61. The lowest BCUT2D eigenvalue weighted by Gasteiger charge is -2.02. The van der Waals surface area contributed by atoms with Gasteiger partial charge in [0.15, 0.2) is 0 Å².